The lowest BCUT2D eigenvalue weighted by Gasteiger charge is -1.91. The number of guanidine groups is 1. The zero-order valence-corrected chi connectivity index (χ0v) is 5.93. The summed E-state index contributed by atoms with van der Waals surface area (Å²) in [4.78, 5) is 14.6. The molecule has 0 aromatic heterocycles. The maximum absolute atomic E-state index is 10.9. The lowest BCUT2D eigenvalue weighted by molar-refractivity contribution is -0.115. The van der Waals surface area contributed by atoms with Crippen molar-refractivity contribution < 1.29 is 4.79 Å². The van der Waals surface area contributed by atoms with E-state index in [2.05, 4.69) is 10.3 Å². The molecule has 0 bridgehead atoms. The van der Waals surface area contributed by atoms with E-state index in [1.165, 1.54) is 0 Å². The third-order valence-corrected chi connectivity index (χ3v) is 1.16. The highest BCUT2D eigenvalue weighted by Crippen LogP contribution is 2.08. The van der Waals surface area contributed by atoms with Crippen LogP contribution >= 0.6 is 0 Å². The van der Waals surface area contributed by atoms with Crippen molar-refractivity contribution in [2.75, 3.05) is 0 Å². The first-order valence-corrected chi connectivity index (χ1v) is 2.94. The average Bonchev–Trinajstić information content (AvgIpc) is 2.10. The fraction of sp³-hybridized carbons (Fsp3) is 0.333. The molecule has 1 amide bonds. The van der Waals surface area contributed by atoms with Gasteiger partial charge in [-0.3, -0.25) is 10.1 Å². The molecule has 4 heteroatoms. The summed E-state index contributed by atoms with van der Waals surface area (Å²) in [7, 11) is 0. The van der Waals surface area contributed by atoms with Gasteiger partial charge < -0.3 is 5.73 Å². The monoisotopic (exact) mass is 139 g/mol. The Morgan fingerprint density at radius 2 is 2.20 bits per heavy atom. The Kier molecular flexibility index (Phi) is 1.45. The summed E-state index contributed by atoms with van der Waals surface area (Å²) in [6.07, 6.45) is 0. The van der Waals surface area contributed by atoms with Crippen molar-refractivity contribution in [3.8, 4) is 0 Å². The van der Waals surface area contributed by atoms with Crippen molar-refractivity contribution in [3.63, 3.8) is 0 Å². The van der Waals surface area contributed by atoms with Gasteiger partial charge >= 0.3 is 0 Å². The molecule has 0 spiro atoms. The molecule has 0 atom stereocenters. The highest BCUT2D eigenvalue weighted by atomic mass is 16.2. The van der Waals surface area contributed by atoms with Gasteiger partial charge in [-0.2, -0.15) is 0 Å². The van der Waals surface area contributed by atoms with Gasteiger partial charge in [0.15, 0.2) is 0 Å². The van der Waals surface area contributed by atoms with Crippen LogP contribution < -0.4 is 11.1 Å². The van der Waals surface area contributed by atoms with Gasteiger partial charge in [-0.25, -0.2) is 4.99 Å². The summed E-state index contributed by atoms with van der Waals surface area (Å²) in [6.45, 7) is 3.63. The lowest BCUT2D eigenvalue weighted by atomic mass is 10.2. The number of carbonyl (C=O) groups excluding carboxylic acids is 1. The molecule has 0 aromatic rings. The van der Waals surface area contributed by atoms with E-state index in [9.17, 15) is 4.79 Å². The predicted molar refractivity (Wildman–Crippen MR) is 38.1 cm³/mol. The molecule has 1 aliphatic heterocycles. The Morgan fingerprint density at radius 1 is 1.60 bits per heavy atom. The minimum atomic E-state index is -0.211. The Morgan fingerprint density at radius 3 is 2.40 bits per heavy atom. The van der Waals surface area contributed by atoms with E-state index in [1.54, 1.807) is 0 Å². The minimum Gasteiger partial charge on any atom is -0.369 e. The summed E-state index contributed by atoms with van der Waals surface area (Å²) in [5.74, 6) is -0.0290. The van der Waals surface area contributed by atoms with Crippen LogP contribution in [0, 0.1) is 0 Å². The number of amides is 1. The number of nitrogens with two attached hydrogens (primary N) is 1. The number of aliphatic imine (C=N–C) groups is 1. The maximum Gasteiger partial charge on any atom is 0.276 e. The number of nitrogens with one attached hydrogen (secondary N) is 1. The summed E-state index contributed by atoms with van der Waals surface area (Å²) in [6, 6.07) is 0. The Labute approximate surface area is 58.8 Å². The summed E-state index contributed by atoms with van der Waals surface area (Å²) in [5.41, 5.74) is 6.54. The van der Waals surface area contributed by atoms with E-state index >= 15 is 0 Å². The molecule has 0 saturated carbocycles. The van der Waals surface area contributed by atoms with E-state index < -0.39 is 0 Å². The van der Waals surface area contributed by atoms with Crippen molar-refractivity contribution in [3.05, 3.63) is 11.3 Å². The highest BCUT2D eigenvalue weighted by Gasteiger charge is 2.17. The van der Waals surface area contributed by atoms with Crippen molar-refractivity contribution in [2.24, 2.45) is 10.7 Å². The quantitative estimate of drug-likeness (QED) is 0.453. The second-order valence-corrected chi connectivity index (χ2v) is 2.30. The first-order chi connectivity index (χ1) is 4.61. The van der Waals surface area contributed by atoms with Gasteiger partial charge in [-0.05, 0) is 19.4 Å². The SMILES string of the molecule is CC(C)=C1N=C(N)NC1=O. The molecule has 10 heavy (non-hydrogen) atoms. The first kappa shape index (κ1) is 6.80. The van der Waals surface area contributed by atoms with Crippen LogP contribution in [0.3, 0.4) is 0 Å². The Balaban J connectivity index is 3.01. The molecule has 54 valence electrons. The van der Waals surface area contributed by atoms with Crippen LogP contribution in [0.4, 0.5) is 0 Å². The summed E-state index contributed by atoms with van der Waals surface area (Å²) < 4.78 is 0. The van der Waals surface area contributed by atoms with Gasteiger partial charge in [0.1, 0.15) is 5.70 Å². The number of hydrogen-bond acceptors (Lipinski definition) is 3. The first-order valence-electron chi connectivity index (χ1n) is 2.94. The van der Waals surface area contributed by atoms with Crippen molar-refractivity contribution >= 4 is 11.9 Å². The largest absolute Gasteiger partial charge is 0.369 e. The number of carbonyl (C=O) groups is 1. The van der Waals surface area contributed by atoms with Crippen molar-refractivity contribution in [1.29, 1.82) is 0 Å². The van der Waals surface area contributed by atoms with Gasteiger partial charge in [0.25, 0.3) is 5.91 Å². The van der Waals surface area contributed by atoms with Crippen LogP contribution in [0.15, 0.2) is 16.3 Å². The molecule has 0 fully saturated rings. The number of nitrogens with zero attached hydrogens (tertiary/aromatic N) is 1. The van der Waals surface area contributed by atoms with Gasteiger partial charge in [0.05, 0.1) is 0 Å². The molecule has 1 heterocycles. The molecule has 0 unspecified atom stereocenters. The smallest absolute Gasteiger partial charge is 0.276 e. The highest BCUT2D eigenvalue weighted by molar-refractivity contribution is 6.11. The normalized spacial score (nSPS) is 16.8. The molecule has 1 aliphatic rings. The molecule has 0 aromatic carbocycles. The second kappa shape index (κ2) is 2.13. The second-order valence-electron chi connectivity index (χ2n) is 2.30. The van der Waals surface area contributed by atoms with Crippen LogP contribution in [0.25, 0.3) is 0 Å². The molecular weight excluding hydrogens is 130 g/mol. The molecule has 1 rings (SSSR count). The summed E-state index contributed by atoms with van der Waals surface area (Å²) in [5, 5.41) is 2.38. The van der Waals surface area contributed by atoms with Gasteiger partial charge in [0.2, 0.25) is 5.96 Å². The number of allylic oxidation sites excluding steroid dienone is 1. The average molecular weight is 139 g/mol. The van der Waals surface area contributed by atoms with Gasteiger partial charge in [0, 0.05) is 0 Å². The number of hydrogen-bond donors (Lipinski definition) is 2. The van der Waals surface area contributed by atoms with E-state index in [0.717, 1.165) is 5.57 Å². The lowest BCUT2D eigenvalue weighted by Crippen LogP contribution is -2.30. The van der Waals surface area contributed by atoms with Gasteiger partial charge in [-0.1, -0.05) is 0 Å². The van der Waals surface area contributed by atoms with Crippen molar-refractivity contribution in [1.82, 2.24) is 5.32 Å². The van der Waals surface area contributed by atoms with E-state index in [0.29, 0.717) is 5.70 Å². The predicted octanol–water partition coefficient (Wildman–Crippen LogP) is -0.275. The van der Waals surface area contributed by atoms with Crippen LogP contribution in [0.1, 0.15) is 13.8 Å². The standard InChI is InChI=1S/C6H9N3O/c1-3(2)4-5(10)9-6(7)8-4/h1-2H3,(H3,7,8,9,10). The van der Waals surface area contributed by atoms with Crippen LogP contribution in [-0.4, -0.2) is 11.9 Å². The molecule has 0 aliphatic carbocycles. The van der Waals surface area contributed by atoms with E-state index in [4.69, 9.17) is 5.73 Å². The van der Waals surface area contributed by atoms with Crippen LogP contribution in [0.5, 0.6) is 0 Å². The molecule has 4 nitrogen and oxygen atoms in total. The Hall–Kier alpha value is -1.32. The van der Waals surface area contributed by atoms with E-state index in [1.807, 2.05) is 13.8 Å². The number of rotatable bonds is 0. The minimum absolute atomic E-state index is 0.182. The zero-order valence-electron chi connectivity index (χ0n) is 5.93. The Bertz CT molecular complexity index is 235. The third kappa shape index (κ3) is 1.00. The topological polar surface area (TPSA) is 67.5 Å². The molecule has 3 N–H and O–H groups in total. The fourth-order valence-corrected chi connectivity index (χ4v) is 0.714. The zero-order chi connectivity index (χ0) is 7.72. The fourth-order valence-electron chi connectivity index (χ4n) is 0.714. The molecular formula is C6H9N3O. The van der Waals surface area contributed by atoms with Crippen molar-refractivity contribution in [2.45, 2.75) is 13.8 Å². The molecule has 0 saturated heterocycles. The van der Waals surface area contributed by atoms with Gasteiger partial charge in [-0.15, -0.1) is 0 Å². The molecule has 0 radical (unpaired) electrons. The van der Waals surface area contributed by atoms with Crippen LogP contribution in [0.2, 0.25) is 0 Å². The summed E-state index contributed by atoms with van der Waals surface area (Å²) >= 11 is 0. The van der Waals surface area contributed by atoms with E-state index in [-0.39, 0.29) is 11.9 Å². The third-order valence-electron chi connectivity index (χ3n) is 1.16. The van der Waals surface area contributed by atoms with Crippen LogP contribution in [-0.2, 0) is 4.79 Å². The maximum atomic E-state index is 10.9.